The van der Waals surface area contributed by atoms with E-state index in [0.717, 1.165) is 43.6 Å². The molecule has 2 aliphatic rings. The number of aromatic nitrogens is 2. The van der Waals surface area contributed by atoms with Crippen molar-refractivity contribution in [2.75, 3.05) is 43.5 Å². The van der Waals surface area contributed by atoms with Gasteiger partial charge in [0.25, 0.3) is 5.88 Å². The first-order valence-electron chi connectivity index (χ1n) is 10.9. The van der Waals surface area contributed by atoms with Gasteiger partial charge in [0.2, 0.25) is 11.8 Å². The van der Waals surface area contributed by atoms with Gasteiger partial charge < -0.3 is 25.0 Å². The molecule has 0 unspecified atom stereocenters. The topological polar surface area (TPSA) is 88.6 Å². The molecule has 0 radical (unpaired) electrons. The molecule has 2 N–H and O–H groups in total. The second kappa shape index (κ2) is 9.03. The van der Waals surface area contributed by atoms with Crippen LogP contribution in [0, 0.1) is 5.82 Å². The summed E-state index contributed by atoms with van der Waals surface area (Å²) in [5.41, 5.74) is 3.10. The number of piperazine rings is 1. The van der Waals surface area contributed by atoms with Crippen molar-refractivity contribution < 1.29 is 18.7 Å². The fourth-order valence-corrected chi connectivity index (χ4v) is 4.17. The smallest absolute Gasteiger partial charge is 0.260 e. The first-order valence-corrected chi connectivity index (χ1v) is 10.9. The maximum atomic E-state index is 14.4. The van der Waals surface area contributed by atoms with Crippen molar-refractivity contribution in [3.05, 3.63) is 59.5 Å². The van der Waals surface area contributed by atoms with Gasteiger partial charge in [-0.05, 0) is 30.2 Å². The number of carbonyl (C=O) groups excluding carboxylic acids is 1. The number of carbonyl (C=O) groups is 1. The van der Waals surface area contributed by atoms with Gasteiger partial charge in [-0.25, -0.2) is 4.98 Å². The van der Waals surface area contributed by atoms with Crippen LogP contribution in [-0.4, -0.2) is 49.0 Å². The lowest BCUT2D eigenvalue weighted by Crippen LogP contribution is -2.43. The number of nitrogens with zero attached hydrogens (tertiary/aromatic N) is 3. The molecule has 33 heavy (non-hydrogen) atoms. The predicted octanol–water partition coefficient (Wildman–Crippen LogP) is 3.70. The average Bonchev–Trinajstić information content (AvgIpc) is 3.23. The maximum Gasteiger partial charge on any atom is 0.260 e. The highest BCUT2D eigenvalue weighted by Gasteiger charge is 2.25. The Morgan fingerprint density at radius 3 is 2.79 bits per heavy atom. The Balaban J connectivity index is 1.39. The van der Waals surface area contributed by atoms with Gasteiger partial charge in [-0.1, -0.05) is 12.1 Å². The molecule has 0 spiro atoms. The lowest BCUT2D eigenvalue weighted by Gasteiger charge is -2.30. The highest BCUT2D eigenvalue weighted by molar-refractivity contribution is 6.02. The van der Waals surface area contributed by atoms with Crippen LogP contribution in [0.25, 0.3) is 0 Å². The van der Waals surface area contributed by atoms with Crippen molar-refractivity contribution in [2.24, 2.45) is 0 Å². The van der Waals surface area contributed by atoms with Crippen LogP contribution in [0.4, 0.5) is 21.7 Å². The van der Waals surface area contributed by atoms with E-state index >= 15 is 0 Å². The zero-order chi connectivity index (χ0) is 22.8. The first-order chi connectivity index (χ1) is 16.1. The van der Waals surface area contributed by atoms with Crippen molar-refractivity contribution in [3.63, 3.8) is 0 Å². The van der Waals surface area contributed by atoms with Crippen LogP contribution in [0.5, 0.6) is 17.4 Å². The second-order valence-corrected chi connectivity index (χ2v) is 7.91. The highest BCUT2D eigenvalue weighted by atomic mass is 19.1. The van der Waals surface area contributed by atoms with Crippen LogP contribution >= 0.6 is 0 Å². The lowest BCUT2D eigenvalue weighted by molar-refractivity contribution is 0.0992. The van der Waals surface area contributed by atoms with Gasteiger partial charge in [0, 0.05) is 44.4 Å². The third-order valence-corrected chi connectivity index (χ3v) is 5.85. The maximum absolute atomic E-state index is 14.4. The van der Waals surface area contributed by atoms with Crippen molar-refractivity contribution >= 4 is 23.1 Å². The third kappa shape index (κ3) is 4.31. The molecule has 170 valence electrons. The summed E-state index contributed by atoms with van der Waals surface area (Å²) in [5.74, 6) is 0.0901. The van der Waals surface area contributed by atoms with Crippen molar-refractivity contribution in [2.45, 2.75) is 12.8 Å². The van der Waals surface area contributed by atoms with Crippen molar-refractivity contribution in [3.8, 4) is 17.4 Å². The van der Waals surface area contributed by atoms with Gasteiger partial charge in [0.1, 0.15) is 11.5 Å². The summed E-state index contributed by atoms with van der Waals surface area (Å²) < 4.78 is 25.7. The summed E-state index contributed by atoms with van der Waals surface area (Å²) in [7, 11) is 1.59. The van der Waals surface area contributed by atoms with Crippen LogP contribution in [0.15, 0.2) is 42.6 Å². The standard InChI is InChI=1S/C24H24FN5O3/c1-32-21-13-16(30-11-9-26-10-12-30)6-7-18(21)28-24-27-14-17(25)23(29-24)33-20-4-2-3-15-5-8-19(31)22(15)20/h2-4,6-7,13-14,26H,5,8-12H2,1H3,(H,27,28,29). The number of hydrogen-bond acceptors (Lipinski definition) is 8. The predicted molar refractivity (Wildman–Crippen MR) is 123 cm³/mol. The number of ketones is 1. The summed E-state index contributed by atoms with van der Waals surface area (Å²) in [4.78, 5) is 22.8. The summed E-state index contributed by atoms with van der Waals surface area (Å²) in [6.07, 6.45) is 2.13. The summed E-state index contributed by atoms with van der Waals surface area (Å²) in [6, 6.07) is 11.1. The molecule has 9 heteroatoms. The van der Waals surface area contributed by atoms with Gasteiger partial charge in [-0.2, -0.15) is 9.37 Å². The number of aryl methyl sites for hydroxylation is 1. The summed E-state index contributed by atoms with van der Waals surface area (Å²) in [6.45, 7) is 3.71. The first kappa shape index (κ1) is 21.1. The van der Waals surface area contributed by atoms with Crippen molar-refractivity contribution in [1.82, 2.24) is 15.3 Å². The number of ether oxygens (including phenoxy) is 2. The quantitative estimate of drug-likeness (QED) is 0.589. The van der Waals surface area contributed by atoms with Gasteiger partial charge >= 0.3 is 0 Å². The molecular formula is C24H24FN5O3. The average molecular weight is 449 g/mol. The normalized spacial score (nSPS) is 15.3. The minimum Gasteiger partial charge on any atom is -0.494 e. The van der Waals surface area contributed by atoms with Gasteiger partial charge in [-0.3, -0.25) is 4.79 Å². The number of hydrogen-bond donors (Lipinski definition) is 2. The number of fused-ring (bicyclic) bond motifs is 1. The molecule has 3 aromatic rings. The molecule has 0 amide bonds. The van der Waals surface area contributed by atoms with E-state index in [0.29, 0.717) is 35.6 Å². The molecule has 1 saturated heterocycles. The third-order valence-electron chi connectivity index (χ3n) is 5.85. The molecule has 0 saturated carbocycles. The van der Waals surface area contributed by atoms with Gasteiger partial charge in [-0.15, -0.1) is 0 Å². The summed E-state index contributed by atoms with van der Waals surface area (Å²) >= 11 is 0. The molecule has 5 rings (SSSR count). The highest BCUT2D eigenvalue weighted by Crippen LogP contribution is 2.35. The molecule has 0 bridgehead atoms. The Hall–Kier alpha value is -3.72. The largest absolute Gasteiger partial charge is 0.494 e. The van der Waals surface area contributed by atoms with E-state index in [1.54, 1.807) is 19.2 Å². The molecule has 1 aliphatic carbocycles. The number of anilines is 3. The Labute approximate surface area is 190 Å². The van der Waals surface area contributed by atoms with Crippen LogP contribution in [0.3, 0.4) is 0 Å². The van der Waals surface area contributed by atoms with E-state index < -0.39 is 5.82 Å². The van der Waals surface area contributed by atoms with E-state index in [9.17, 15) is 9.18 Å². The Bertz CT molecular complexity index is 1200. The van der Waals surface area contributed by atoms with Crippen LogP contribution < -0.4 is 25.0 Å². The van der Waals surface area contributed by atoms with E-state index in [1.165, 1.54) is 0 Å². The number of Topliss-reactive ketones (excluding diaryl/α,β-unsaturated/α-hetero) is 1. The molecule has 1 aromatic heterocycles. The zero-order valence-electron chi connectivity index (χ0n) is 18.2. The molecule has 8 nitrogen and oxygen atoms in total. The minimum absolute atomic E-state index is 0.0114. The van der Waals surface area contributed by atoms with E-state index in [1.807, 2.05) is 24.3 Å². The molecule has 1 aliphatic heterocycles. The fraction of sp³-hybridized carbons (Fsp3) is 0.292. The van der Waals surface area contributed by atoms with E-state index in [4.69, 9.17) is 9.47 Å². The Morgan fingerprint density at radius 2 is 1.97 bits per heavy atom. The van der Waals surface area contributed by atoms with Crippen LogP contribution in [0.2, 0.25) is 0 Å². The minimum atomic E-state index is -0.718. The molecular weight excluding hydrogens is 425 g/mol. The number of rotatable bonds is 6. The molecule has 2 aromatic carbocycles. The van der Waals surface area contributed by atoms with E-state index in [-0.39, 0.29) is 17.6 Å². The zero-order valence-corrected chi connectivity index (χ0v) is 18.2. The van der Waals surface area contributed by atoms with Crippen molar-refractivity contribution in [1.29, 1.82) is 0 Å². The molecule has 1 fully saturated rings. The fourth-order valence-electron chi connectivity index (χ4n) is 4.17. The SMILES string of the molecule is COc1cc(N2CCNCC2)ccc1Nc1ncc(F)c(Oc2cccc3c2C(=O)CC3)n1. The monoisotopic (exact) mass is 449 g/mol. The van der Waals surface area contributed by atoms with E-state index in [2.05, 4.69) is 25.5 Å². The van der Waals surface area contributed by atoms with Crippen LogP contribution in [-0.2, 0) is 6.42 Å². The van der Waals surface area contributed by atoms with Gasteiger partial charge in [0.05, 0.1) is 24.6 Å². The number of nitrogens with one attached hydrogen (secondary N) is 2. The Morgan fingerprint density at radius 1 is 1.12 bits per heavy atom. The van der Waals surface area contributed by atoms with Crippen LogP contribution in [0.1, 0.15) is 22.3 Å². The lowest BCUT2D eigenvalue weighted by atomic mass is 10.1. The molecule has 2 heterocycles. The second-order valence-electron chi connectivity index (χ2n) is 7.91. The molecule has 0 atom stereocenters. The van der Waals surface area contributed by atoms with Gasteiger partial charge in [0.15, 0.2) is 5.78 Å². The number of methoxy groups -OCH3 is 1. The Kier molecular flexibility index (Phi) is 5.78. The number of benzene rings is 2. The summed E-state index contributed by atoms with van der Waals surface area (Å²) in [5, 5.41) is 6.41. The number of halogens is 1.